The fourth-order valence-electron chi connectivity index (χ4n) is 3.25. The van der Waals surface area contributed by atoms with Gasteiger partial charge in [-0.3, -0.25) is 0 Å². The number of para-hydroxylation sites is 2. The minimum atomic E-state index is 0.726. The fourth-order valence-corrected chi connectivity index (χ4v) is 3.25. The second-order valence-corrected chi connectivity index (χ2v) is 6.51. The molecule has 0 saturated carbocycles. The maximum absolute atomic E-state index is 5.41. The smallest absolute Gasteiger partial charge is 0.225 e. The SMILES string of the molecule is COc1ccccc1Nc1cc(N2CCN(c3ncccn3)CC2)nc(C)n1. The fraction of sp³-hybridized carbons (Fsp3) is 0.300. The van der Waals surface area contributed by atoms with Gasteiger partial charge in [-0.2, -0.15) is 0 Å². The second kappa shape index (κ2) is 8.08. The summed E-state index contributed by atoms with van der Waals surface area (Å²) in [5.74, 6) is 3.94. The Morgan fingerprint density at radius 2 is 1.64 bits per heavy atom. The molecule has 3 heterocycles. The van der Waals surface area contributed by atoms with Gasteiger partial charge in [-0.1, -0.05) is 12.1 Å². The summed E-state index contributed by atoms with van der Waals surface area (Å²) >= 11 is 0. The third-order valence-corrected chi connectivity index (χ3v) is 4.63. The third kappa shape index (κ3) is 3.95. The number of rotatable bonds is 5. The lowest BCUT2D eigenvalue weighted by Gasteiger charge is -2.35. The van der Waals surface area contributed by atoms with Gasteiger partial charge in [0.1, 0.15) is 23.2 Å². The van der Waals surface area contributed by atoms with Crippen molar-refractivity contribution in [1.82, 2.24) is 19.9 Å². The normalized spacial score (nSPS) is 14.1. The zero-order valence-electron chi connectivity index (χ0n) is 16.0. The van der Waals surface area contributed by atoms with Crippen molar-refractivity contribution in [1.29, 1.82) is 0 Å². The molecule has 144 valence electrons. The maximum atomic E-state index is 5.41. The van der Waals surface area contributed by atoms with E-state index in [1.807, 2.05) is 43.3 Å². The van der Waals surface area contributed by atoms with Crippen molar-refractivity contribution in [2.75, 3.05) is 48.4 Å². The van der Waals surface area contributed by atoms with E-state index in [0.29, 0.717) is 0 Å². The minimum Gasteiger partial charge on any atom is -0.495 e. The highest BCUT2D eigenvalue weighted by Gasteiger charge is 2.20. The largest absolute Gasteiger partial charge is 0.495 e. The van der Waals surface area contributed by atoms with Crippen LogP contribution in [0.15, 0.2) is 48.8 Å². The van der Waals surface area contributed by atoms with Crippen molar-refractivity contribution in [3.63, 3.8) is 0 Å². The summed E-state index contributed by atoms with van der Waals surface area (Å²) in [6, 6.07) is 11.6. The maximum Gasteiger partial charge on any atom is 0.225 e. The van der Waals surface area contributed by atoms with E-state index >= 15 is 0 Å². The van der Waals surface area contributed by atoms with Crippen LogP contribution in [0.5, 0.6) is 5.75 Å². The molecule has 8 heteroatoms. The molecule has 0 bridgehead atoms. The number of nitrogens with one attached hydrogen (secondary N) is 1. The van der Waals surface area contributed by atoms with Gasteiger partial charge in [0.2, 0.25) is 5.95 Å². The van der Waals surface area contributed by atoms with Crippen LogP contribution in [-0.2, 0) is 0 Å². The number of aryl methyl sites for hydroxylation is 1. The zero-order chi connectivity index (χ0) is 19.3. The molecule has 1 saturated heterocycles. The van der Waals surface area contributed by atoms with Gasteiger partial charge in [-0.15, -0.1) is 0 Å². The number of piperazine rings is 1. The number of anilines is 4. The topological polar surface area (TPSA) is 79.3 Å². The summed E-state index contributed by atoms with van der Waals surface area (Å²) in [4.78, 5) is 22.3. The van der Waals surface area contributed by atoms with Crippen LogP contribution in [0.25, 0.3) is 0 Å². The Kier molecular flexibility index (Phi) is 5.18. The summed E-state index contributed by atoms with van der Waals surface area (Å²) < 4.78 is 5.41. The van der Waals surface area contributed by atoms with Gasteiger partial charge in [0.15, 0.2) is 0 Å². The standard InChI is InChI=1S/C20H23N7O/c1-15-23-18(25-16-6-3-4-7-17(16)28-2)14-19(24-15)26-10-12-27(13-11-26)20-21-8-5-9-22-20/h3-9,14H,10-13H2,1-2H3,(H,23,24,25). The van der Waals surface area contributed by atoms with Crippen LogP contribution >= 0.6 is 0 Å². The van der Waals surface area contributed by atoms with E-state index in [2.05, 4.69) is 35.1 Å². The van der Waals surface area contributed by atoms with Gasteiger partial charge in [-0.25, -0.2) is 19.9 Å². The molecular formula is C20H23N7O. The average molecular weight is 377 g/mol. The quantitative estimate of drug-likeness (QED) is 0.727. The lowest BCUT2D eigenvalue weighted by molar-refractivity contribution is 0.417. The van der Waals surface area contributed by atoms with E-state index in [1.165, 1.54) is 0 Å². The predicted molar refractivity (Wildman–Crippen MR) is 110 cm³/mol. The number of aromatic nitrogens is 4. The van der Waals surface area contributed by atoms with Gasteiger partial charge in [0.05, 0.1) is 12.8 Å². The highest BCUT2D eigenvalue weighted by molar-refractivity contribution is 5.65. The molecule has 28 heavy (non-hydrogen) atoms. The minimum absolute atomic E-state index is 0.726. The van der Waals surface area contributed by atoms with Gasteiger partial charge >= 0.3 is 0 Å². The van der Waals surface area contributed by atoms with Crippen LogP contribution < -0.4 is 19.9 Å². The first-order valence-electron chi connectivity index (χ1n) is 9.25. The molecule has 0 unspecified atom stereocenters. The summed E-state index contributed by atoms with van der Waals surface area (Å²) in [5, 5.41) is 3.35. The zero-order valence-corrected chi connectivity index (χ0v) is 16.0. The highest BCUT2D eigenvalue weighted by atomic mass is 16.5. The van der Waals surface area contributed by atoms with Crippen molar-refractivity contribution in [2.45, 2.75) is 6.92 Å². The van der Waals surface area contributed by atoms with Crippen molar-refractivity contribution in [3.8, 4) is 5.75 Å². The summed E-state index contributed by atoms with van der Waals surface area (Å²) in [7, 11) is 1.66. The molecule has 0 radical (unpaired) electrons. The molecule has 1 aromatic carbocycles. The molecule has 3 aromatic rings. The number of benzene rings is 1. The first-order valence-corrected chi connectivity index (χ1v) is 9.25. The Bertz CT molecular complexity index is 927. The van der Waals surface area contributed by atoms with Gasteiger partial charge in [-0.05, 0) is 25.1 Å². The molecule has 0 amide bonds. The summed E-state index contributed by atoms with van der Waals surface area (Å²) in [6.07, 6.45) is 3.55. The Hall–Kier alpha value is -3.42. The van der Waals surface area contributed by atoms with Crippen LogP contribution in [0.1, 0.15) is 5.82 Å². The molecule has 1 N–H and O–H groups in total. The van der Waals surface area contributed by atoms with E-state index in [4.69, 9.17) is 4.74 Å². The molecule has 0 spiro atoms. The second-order valence-electron chi connectivity index (χ2n) is 6.51. The van der Waals surface area contributed by atoms with Crippen LogP contribution in [0.3, 0.4) is 0 Å². The van der Waals surface area contributed by atoms with E-state index in [-0.39, 0.29) is 0 Å². The van der Waals surface area contributed by atoms with Crippen molar-refractivity contribution in [2.24, 2.45) is 0 Å². The van der Waals surface area contributed by atoms with Crippen LogP contribution in [0.4, 0.5) is 23.3 Å². The lowest BCUT2D eigenvalue weighted by atomic mass is 10.3. The molecular weight excluding hydrogens is 354 g/mol. The Morgan fingerprint density at radius 3 is 2.39 bits per heavy atom. The Labute approximate surface area is 164 Å². The number of ether oxygens (including phenoxy) is 1. The monoisotopic (exact) mass is 377 g/mol. The van der Waals surface area contributed by atoms with Crippen LogP contribution in [0, 0.1) is 6.92 Å². The molecule has 0 atom stereocenters. The van der Waals surface area contributed by atoms with Gasteiger partial charge in [0, 0.05) is 44.6 Å². The van der Waals surface area contributed by atoms with Gasteiger partial charge in [0.25, 0.3) is 0 Å². The van der Waals surface area contributed by atoms with Crippen molar-refractivity contribution >= 4 is 23.3 Å². The molecule has 4 rings (SSSR count). The van der Waals surface area contributed by atoms with E-state index < -0.39 is 0 Å². The van der Waals surface area contributed by atoms with Crippen molar-refractivity contribution < 1.29 is 4.74 Å². The average Bonchev–Trinajstić information content (AvgIpc) is 2.74. The van der Waals surface area contributed by atoms with Crippen LogP contribution in [-0.4, -0.2) is 53.2 Å². The first kappa shape index (κ1) is 18.0. The molecule has 1 aliphatic rings. The summed E-state index contributed by atoms with van der Waals surface area (Å²) in [5.41, 5.74) is 0.875. The number of hydrogen-bond donors (Lipinski definition) is 1. The lowest BCUT2D eigenvalue weighted by Crippen LogP contribution is -2.47. The summed E-state index contributed by atoms with van der Waals surface area (Å²) in [6.45, 7) is 5.31. The van der Waals surface area contributed by atoms with E-state index in [1.54, 1.807) is 19.5 Å². The highest BCUT2D eigenvalue weighted by Crippen LogP contribution is 2.27. The molecule has 8 nitrogen and oxygen atoms in total. The number of nitrogens with zero attached hydrogens (tertiary/aromatic N) is 6. The molecule has 2 aromatic heterocycles. The Morgan fingerprint density at radius 1 is 0.929 bits per heavy atom. The van der Waals surface area contributed by atoms with Crippen molar-refractivity contribution in [3.05, 3.63) is 54.6 Å². The first-order chi connectivity index (χ1) is 13.7. The third-order valence-electron chi connectivity index (χ3n) is 4.63. The molecule has 1 aliphatic heterocycles. The molecule has 1 fully saturated rings. The van der Waals surface area contributed by atoms with Crippen LogP contribution in [0.2, 0.25) is 0 Å². The molecule has 0 aliphatic carbocycles. The number of hydrogen-bond acceptors (Lipinski definition) is 8. The van der Waals surface area contributed by atoms with E-state index in [0.717, 1.165) is 61.0 Å². The van der Waals surface area contributed by atoms with Gasteiger partial charge < -0.3 is 19.9 Å². The van der Waals surface area contributed by atoms with E-state index in [9.17, 15) is 0 Å². The predicted octanol–water partition coefficient (Wildman–Crippen LogP) is 2.65. The number of methoxy groups -OCH3 is 1. The Balaban J connectivity index is 1.49.